The highest BCUT2D eigenvalue weighted by molar-refractivity contribution is 5.85. The van der Waals surface area contributed by atoms with E-state index in [0.29, 0.717) is 12.0 Å². The molecule has 1 aliphatic heterocycles. The van der Waals surface area contributed by atoms with Crippen LogP contribution in [0.25, 0.3) is 11.1 Å². The molecular weight excluding hydrogens is 357 g/mol. The van der Waals surface area contributed by atoms with Crippen molar-refractivity contribution in [1.82, 2.24) is 14.5 Å². The van der Waals surface area contributed by atoms with Crippen molar-refractivity contribution in [1.29, 1.82) is 0 Å². The number of rotatable bonds is 3. The summed E-state index contributed by atoms with van der Waals surface area (Å²) in [4.78, 5) is 18.7. The highest BCUT2D eigenvalue weighted by Crippen LogP contribution is 2.28. The van der Waals surface area contributed by atoms with E-state index < -0.39 is 0 Å². The van der Waals surface area contributed by atoms with Gasteiger partial charge in [0.05, 0.1) is 0 Å². The Balaban J connectivity index is 0.00000156. The van der Waals surface area contributed by atoms with Gasteiger partial charge in [-0.15, -0.1) is 24.8 Å². The number of aryl methyl sites for hydroxylation is 1. The monoisotopic (exact) mass is 383 g/mol. The molecule has 25 heavy (non-hydrogen) atoms. The van der Waals surface area contributed by atoms with Crippen molar-refractivity contribution < 1.29 is 0 Å². The Morgan fingerprint density at radius 2 is 1.68 bits per heavy atom. The van der Waals surface area contributed by atoms with Gasteiger partial charge in [0.1, 0.15) is 0 Å². The molecular formula is C19H27Cl2N3O. The first-order chi connectivity index (χ1) is 11.0. The normalized spacial score (nSPS) is 15.5. The number of halogens is 2. The Morgan fingerprint density at radius 1 is 1.04 bits per heavy atom. The fourth-order valence-electron chi connectivity index (χ4n) is 3.29. The van der Waals surface area contributed by atoms with Crippen LogP contribution in [0.1, 0.15) is 38.3 Å². The molecule has 1 fully saturated rings. The van der Waals surface area contributed by atoms with Gasteiger partial charge in [0, 0.05) is 48.7 Å². The van der Waals surface area contributed by atoms with Gasteiger partial charge < -0.3 is 9.47 Å². The van der Waals surface area contributed by atoms with Crippen LogP contribution in [0.15, 0.2) is 41.5 Å². The lowest BCUT2D eigenvalue weighted by Gasteiger charge is -2.34. The minimum absolute atomic E-state index is 0. The van der Waals surface area contributed by atoms with Crippen molar-refractivity contribution >= 4 is 24.8 Å². The first-order valence-corrected chi connectivity index (χ1v) is 8.41. The van der Waals surface area contributed by atoms with Crippen molar-refractivity contribution in [2.24, 2.45) is 7.05 Å². The summed E-state index contributed by atoms with van der Waals surface area (Å²) in [6.07, 6.45) is 6.17. The molecule has 6 heteroatoms. The van der Waals surface area contributed by atoms with E-state index in [2.05, 4.69) is 30.9 Å². The molecule has 0 saturated carbocycles. The number of piperidine rings is 1. The Bertz CT molecular complexity index is 720. The highest BCUT2D eigenvalue weighted by Gasteiger charge is 2.22. The summed E-state index contributed by atoms with van der Waals surface area (Å²) >= 11 is 0. The summed E-state index contributed by atoms with van der Waals surface area (Å²) in [5.41, 5.74) is 3.29. The number of likely N-dealkylation sites (tertiary alicyclic amines) is 1. The van der Waals surface area contributed by atoms with Crippen molar-refractivity contribution in [3.05, 3.63) is 52.7 Å². The number of pyridine rings is 2. The fraction of sp³-hybridized carbons (Fsp3) is 0.474. The van der Waals surface area contributed by atoms with Gasteiger partial charge >= 0.3 is 0 Å². The standard InChI is InChI=1S/C19H25N3O.2ClH/c1-14(2)22-10-8-15(9-11-22)18-6-4-16(12-20-18)17-5-7-19(23)21(3)13-17;;/h4-7,12-15H,8-11H2,1-3H3;2*1H. The van der Waals surface area contributed by atoms with E-state index in [0.717, 1.165) is 24.2 Å². The summed E-state index contributed by atoms with van der Waals surface area (Å²) in [6, 6.07) is 8.37. The zero-order valence-electron chi connectivity index (χ0n) is 15.0. The van der Waals surface area contributed by atoms with Gasteiger partial charge in [0.25, 0.3) is 0 Å². The fourth-order valence-corrected chi connectivity index (χ4v) is 3.29. The van der Waals surface area contributed by atoms with Crippen LogP contribution < -0.4 is 5.56 Å². The van der Waals surface area contributed by atoms with Crippen LogP contribution in [-0.2, 0) is 7.05 Å². The second kappa shape index (κ2) is 9.37. The van der Waals surface area contributed by atoms with E-state index in [4.69, 9.17) is 4.98 Å². The Kier molecular flexibility index (Phi) is 8.13. The first kappa shape index (κ1) is 21.7. The van der Waals surface area contributed by atoms with E-state index in [1.807, 2.05) is 18.5 Å². The minimum Gasteiger partial charge on any atom is -0.318 e. The molecule has 0 N–H and O–H groups in total. The summed E-state index contributed by atoms with van der Waals surface area (Å²) in [5.74, 6) is 0.569. The number of hydrogen-bond donors (Lipinski definition) is 0. The Labute approximate surface area is 162 Å². The predicted molar refractivity (Wildman–Crippen MR) is 108 cm³/mol. The van der Waals surface area contributed by atoms with Crippen LogP contribution in [-0.4, -0.2) is 33.6 Å². The van der Waals surface area contributed by atoms with E-state index in [9.17, 15) is 4.79 Å². The molecule has 0 aliphatic carbocycles. The van der Waals surface area contributed by atoms with Crippen LogP contribution in [0.4, 0.5) is 0 Å². The SMILES string of the molecule is CC(C)N1CCC(c2ccc(-c3ccc(=O)n(C)c3)cn2)CC1.Cl.Cl. The van der Waals surface area contributed by atoms with E-state index >= 15 is 0 Å². The molecule has 3 heterocycles. The lowest BCUT2D eigenvalue weighted by atomic mass is 9.92. The maximum Gasteiger partial charge on any atom is 0.250 e. The maximum absolute atomic E-state index is 11.5. The molecule has 0 spiro atoms. The van der Waals surface area contributed by atoms with Gasteiger partial charge in [-0.05, 0) is 57.5 Å². The molecule has 0 aromatic carbocycles. The van der Waals surface area contributed by atoms with Gasteiger partial charge in [-0.2, -0.15) is 0 Å². The Hall–Kier alpha value is -1.36. The van der Waals surface area contributed by atoms with Crippen LogP contribution in [0, 0.1) is 0 Å². The molecule has 0 bridgehead atoms. The molecule has 1 aliphatic rings. The molecule has 0 amide bonds. The first-order valence-electron chi connectivity index (χ1n) is 8.41. The predicted octanol–water partition coefficient (Wildman–Crippen LogP) is 3.88. The van der Waals surface area contributed by atoms with Gasteiger partial charge in [-0.1, -0.05) is 6.07 Å². The zero-order valence-corrected chi connectivity index (χ0v) is 16.6. The summed E-state index contributed by atoms with van der Waals surface area (Å²) in [7, 11) is 1.77. The van der Waals surface area contributed by atoms with Crippen LogP contribution in [0.5, 0.6) is 0 Å². The van der Waals surface area contributed by atoms with E-state index in [1.54, 1.807) is 17.7 Å². The lowest BCUT2D eigenvalue weighted by Crippen LogP contribution is -2.37. The molecule has 1 saturated heterocycles. The largest absolute Gasteiger partial charge is 0.318 e. The zero-order chi connectivity index (χ0) is 16.4. The number of nitrogens with zero attached hydrogens (tertiary/aromatic N) is 3. The molecule has 4 nitrogen and oxygen atoms in total. The quantitative estimate of drug-likeness (QED) is 0.806. The summed E-state index contributed by atoms with van der Waals surface area (Å²) < 4.78 is 1.60. The number of aromatic nitrogens is 2. The maximum atomic E-state index is 11.5. The third-order valence-corrected chi connectivity index (χ3v) is 4.88. The molecule has 138 valence electrons. The average molecular weight is 384 g/mol. The van der Waals surface area contributed by atoms with Gasteiger partial charge in [-0.25, -0.2) is 0 Å². The number of hydrogen-bond acceptors (Lipinski definition) is 3. The average Bonchev–Trinajstić information content (AvgIpc) is 2.57. The molecule has 0 radical (unpaired) electrons. The molecule has 3 rings (SSSR count). The van der Waals surface area contributed by atoms with E-state index in [1.165, 1.54) is 18.5 Å². The van der Waals surface area contributed by atoms with Crippen molar-refractivity contribution in [2.45, 2.75) is 38.6 Å². The minimum atomic E-state index is 0. The molecule has 0 unspecified atom stereocenters. The van der Waals surface area contributed by atoms with Crippen LogP contribution >= 0.6 is 24.8 Å². The summed E-state index contributed by atoms with van der Waals surface area (Å²) in [5, 5.41) is 0. The smallest absolute Gasteiger partial charge is 0.250 e. The van der Waals surface area contributed by atoms with Gasteiger partial charge in [-0.3, -0.25) is 9.78 Å². The summed E-state index contributed by atoms with van der Waals surface area (Å²) in [6.45, 7) is 6.85. The molecule has 2 aromatic heterocycles. The highest BCUT2D eigenvalue weighted by atomic mass is 35.5. The van der Waals surface area contributed by atoms with E-state index in [-0.39, 0.29) is 30.4 Å². The van der Waals surface area contributed by atoms with Crippen molar-refractivity contribution in [3.63, 3.8) is 0 Å². The van der Waals surface area contributed by atoms with Gasteiger partial charge in [0.2, 0.25) is 5.56 Å². The van der Waals surface area contributed by atoms with Crippen LogP contribution in [0.3, 0.4) is 0 Å². The van der Waals surface area contributed by atoms with Crippen molar-refractivity contribution in [2.75, 3.05) is 13.1 Å². The second-order valence-corrected chi connectivity index (χ2v) is 6.74. The van der Waals surface area contributed by atoms with Gasteiger partial charge in [0.15, 0.2) is 0 Å². The topological polar surface area (TPSA) is 38.1 Å². The molecule has 0 atom stereocenters. The molecule has 2 aromatic rings. The second-order valence-electron chi connectivity index (χ2n) is 6.74. The third-order valence-electron chi connectivity index (χ3n) is 4.88. The van der Waals surface area contributed by atoms with Crippen LogP contribution in [0.2, 0.25) is 0 Å². The van der Waals surface area contributed by atoms with Crippen molar-refractivity contribution in [3.8, 4) is 11.1 Å². The Morgan fingerprint density at radius 3 is 2.20 bits per heavy atom. The lowest BCUT2D eigenvalue weighted by molar-refractivity contribution is 0.171. The third kappa shape index (κ3) is 5.06.